The van der Waals surface area contributed by atoms with Crippen LogP contribution in [0, 0.1) is 0 Å². The van der Waals surface area contributed by atoms with Gasteiger partial charge < -0.3 is 0 Å². The van der Waals surface area contributed by atoms with E-state index in [4.69, 9.17) is 0 Å². The second kappa shape index (κ2) is 3.14. The lowest BCUT2D eigenvalue weighted by molar-refractivity contribution is -0.367. The Bertz CT molecular complexity index is 8.00. The highest BCUT2D eigenvalue weighted by Crippen LogP contribution is 1.77. The maximum absolute atomic E-state index is 9.87. The van der Waals surface area contributed by atoms with Crippen molar-refractivity contribution in [3.63, 3.8) is 0 Å². The first-order valence-corrected chi connectivity index (χ1v) is 0.784. The van der Waals surface area contributed by atoms with Crippen molar-refractivity contribution in [3.05, 3.63) is 0 Å². The maximum Gasteiger partial charge on any atom is 0.103 e. The minimum absolute atomic E-state index is 2.31. The largest absolute Gasteiger partial charge is 0.103 e. The summed E-state index contributed by atoms with van der Waals surface area (Å²) in [5.41, 5.74) is 0. The molecule has 0 aliphatic carbocycles. The monoisotopic (exact) mass is 86.0 g/mol. The van der Waals surface area contributed by atoms with E-state index in [1.165, 1.54) is 0 Å². The van der Waals surface area contributed by atoms with Crippen LogP contribution >= 0.6 is 11.9 Å². The minimum atomic E-state index is 2.31. The van der Waals surface area contributed by atoms with E-state index in [1.807, 2.05) is 0 Å². The van der Waals surface area contributed by atoms with Crippen molar-refractivity contribution in [2.75, 3.05) is 0 Å². The van der Waals surface area contributed by atoms with Crippen molar-refractivity contribution in [3.8, 4) is 0 Å². The summed E-state index contributed by atoms with van der Waals surface area (Å²) < 4.78 is 12.7. The molecule has 0 amide bonds. The van der Waals surface area contributed by atoms with Gasteiger partial charge in [0.2, 0.25) is 0 Å². The molecule has 4 heavy (non-hydrogen) atoms. The molecule has 0 aromatic rings. The first-order chi connectivity index (χ1) is 1.91. The zero-order chi connectivity index (χ0) is 3.41. The molecule has 2 nitrogen and oxygen atoms in total. The van der Waals surface area contributed by atoms with Crippen LogP contribution in [0.1, 0.15) is 0 Å². The molecule has 0 aromatic heterocycles. The van der Waals surface area contributed by atoms with Gasteiger partial charge in [0, 0.05) is 0 Å². The Morgan fingerprint density at radius 3 is 2.00 bits per heavy atom. The van der Waals surface area contributed by atoms with Gasteiger partial charge >= 0.3 is 0 Å². The third-order valence-electron chi connectivity index (χ3n) is 0.0238. The summed E-state index contributed by atoms with van der Waals surface area (Å²) in [5, 5.41) is 2.31. The zero-order valence-corrected chi connectivity index (χ0v) is 2.33. The highest BCUT2D eigenvalue weighted by Gasteiger charge is 1.60. The van der Waals surface area contributed by atoms with Gasteiger partial charge in [0.25, 0.3) is 0 Å². The minimum Gasteiger partial charge on any atom is -0.0851 e. The average molecular weight is 86.4 g/mol. The van der Waals surface area contributed by atoms with Gasteiger partial charge in [-0.15, -0.1) is 0 Å². The lowest BCUT2D eigenvalue weighted by Gasteiger charge is -1.64. The predicted molar refractivity (Wildman–Crippen MR) is 9.13 cm³/mol. The van der Waals surface area contributed by atoms with E-state index in [2.05, 4.69) is 21.4 Å². The molecule has 0 atom stereocenters. The molecule has 0 bridgehead atoms. The highest BCUT2D eigenvalue weighted by atomic mass is 35.5. The van der Waals surface area contributed by atoms with Crippen molar-refractivity contribution in [1.29, 1.82) is 0 Å². The van der Waals surface area contributed by atoms with Crippen LogP contribution in [-0.2, 0) is 9.53 Å². The molecule has 4 heteroatoms. The Balaban J connectivity index is 1.97. The van der Waals surface area contributed by atoms with Crippen molar-refractivity contribution in [1.82, 2.24) is 0 Å². The quantitative estimate of drug-likeness (QED) is 0.350. The molecule has 0 spiro atoms. The van der Waals surface area contributed by atoms with Crippen LogP contribution in [0.2, 0.25) is 0 Å². The van der Waals surface area contributed by atoms with E-state index in [-0.39, 0.29) is 0 Å². The number of rotatable bonds is 1. The lowest BCUT2D eigenvalue weighted by atomic mass is 14.8. The molecule has 0 heterocycles. The van der Waals surface area contributed by atoms with Crippen LogP contribution in [0.4, 0.5) is 4.53 Å². The third kappa shape index (κ3) is 2.14. The maximum atomic E-state index is 9.87. The first-order valence-electron chi connectivity index (χ1n) is 0.475. The molecular formula is ClFO2. The van der Waals surface area contributed by atoms with Gasteiger partial charge in [0.05, 0.1) is 0 Å². The third-order valence-corrected chi connectivity index (χ3v) is 0.0714. The summed E-state index contributed by atoms with van der Waals surface area (Å²) in [7, 11) is 0. The Labute approximate surface area is 27.1 Å². The van der Waals surface area contributed by atoms with Crippen LogP contribution in [0.15, 0.2) is 0 Å². The normalized spacial score (nSPS) is 7.50. The van der Waals surface area contributed by atoms with Crippen molar-refractivity contribution in [2.45, 2.75) is 0 Å². The molecule has 0 radical (unpaired) electrons. The second-order valence-electron chi connectivity index (χ2n) is 0.126. The van der Waals surface area contributed by atoms with Crippen molar-refractivity contribution < 1.29 is 14.1 Å². The molecule has 0 N–H and O–H groups in total. The van der Waals surface area contributed by atoms with Gasteiger partial charge in [-0.3, -0.25) is 0 Å². The van der Waals surface area contributed by atoms with Gasteiger partial charge in [-0.2, -0.15) is 0 Å². The van der Waals surface area contributed by atoms with Crippen molar-refractivity contribution >= 4 is 11.9 Å². The number of hydrogen-bond donors (Lipinski definition) is 0. The second-order valence-corrected chi connectivity index (χ2v) is 0.252. The molecule has 0 aliphatic heterocycles. The molecule has 0 unspecified atom stereocenters. The summed E-state index contributed by atoms with van der Waals surface area (Å²) >= 11 is 4.09. The number of halogens is 2. The van der Waals surface area contributed by atoms with Gasteiger partial charge in [-0.1, -0.05) is 4.44 Å². The van der Waals surface area contributed by atoms with Gasteiger partial charge in [-0.05, 0) is 9.62 Å². The molecule has 0 aromatic carbocycles. The number of hydrogen-bond acceptors (Lipinski definition) is 2. The van der Waals surface area contributed by atoms with E-state index in [9.17, 15) is 4.53 Å². The Hall–Kier alpha value is 0.140. The van der Waals surface area contributed by atoms with Gasteiger partial charge in [0.1, 0.15) is 11.9 Å². The van der Waals surface area contributed by atoms with Crippen LogP contribution in [0.3, 0.4) is 0 Å². The molecule has 26 valence electrons. The SMILES string of the molecule is FOOCl. The fourth-order valence-corrected chi connectivity index (χ4v) is 0. The van der Waals surface area contributed by atoms with Crippen LogP contribution < -0.4 is 0 Å². The molecule has 0 aliphatic rings. The highest BCUT2D eigenvalue weighted by molar-refractivity contribution is 6.06. The molecule has 0 saturated carbocycles. The fraction of sp³-hybridized carbons (Fsp3) is 0. The fourth-order valence-electron chi connectivity index (χ4n) is 0. The first kappa shape index (κ1) is 4.14. The summed E-state index contributed by atoms with van der Waals surface area (Å²) in [6.45, 7) is 0. The van der Waals surface area contributed by atoms with E-state index in [0.29, 0.717) is 0 Å². The van der Waals surface area contributed by atoms with Gasteiger partial charge in [-0.25, -0.2) is 0 Å². The smallest absolute Gasteiger partial charge is 0.0851 e. The molecular weight excluding hydrogens is 86.4 g/mol. The summed E-state index contributed by atoms with van der Waals surface area (Å²) in [5.74, 6) is 0. The molecule has 0 rings (SSSR count). The Morgan fingerprint density at radius 1 is 1.75 bits per heavy atom. The van der Waals surface area contributed by atoms with Gasteiger partial charge in [0.15, 0.2) is 0 Å². The Kier molecular flexibility index (Phi) is 3.25. The van der Waals surface area contributed by atoms with Crippen molar-refractivity contribution in [2.24, 2.45) is 0 Å². The van der Waals surface area contributed by atoms with E-state index in [0.717, 1.165) is 0 Å². The Morgan fingerprint density at radius 2 is 2.00 bits per heavy atom. The topological polar surface area (TPSA) is 18.5 Å². The van der Waals surface area contributed by atoms with Crippen LogP contribution in [0.25, 0.3) is 0 Å². The predicted octanol–water partition coefficient (Wildman–Crippen LogP) is 0.973. The lowest BCUT2D eigenvalue weighted by Crippen LogP contribution is -1.55. The van der Waals surface area contributed by atoms with Crippen LogP contribution in [-0.4, -0.2) is 0 Å². The summed E-state index contributed by atoms with van der Waals surface area (Å²) in [4.78, 5) is 0. The van der Waals surface area contributed by atoms with E-state index in [1.54, 1.807) is 0 Å². The van der Waals surface area contributed by atoms with Crippen LogP contribution in [0.5, 0.6) is 0 Å². The summed E-state index contributed by atoms with van der Waals surface area (Å²) in [6.07, 6.45) is 0. The standard InChI is InChI=1S/ClFO2/c1-3-4-2. The zero-order valence-electron chi connectivity index (χ0n) is 1.57. The average Bonchev–Trinajstić information content (AvgIpc) is 1.37. The molecule has 0 fully saturated rings. The van der Waals surface area contributed by atoms with E-state index < -0.39 is 0 Å². The summed E-state index contributed by atoms with van der Waals surface area (Å²) in [6, 6.07) is 0. The molecule has 0 saturated heterocycles. The van der Waals surface area contributed by atoms with E-state index >= 15 is 0 Å².